The van der Waals surface area contributed by atoms with Crippen molar-refractivity contribution in [2.45, 2.75) is 33.6 Å². The van der Waals surface area contributed by atoms with Crippen LogP contribution in [0, 0.1) is 13.8 Å². The Morgan fingerprint density at radius 1 is 1.28 bits per heavy atom. The van der Waals surface area contributed by atoms with Crippen LogP contribution in [0.25, 0.3) is 11.3 Å². The molecule has 1 heterocycles. The van der Waals surface area contributed by atoms with Crippen LogP contribution in [0.1, 0.15) is 45.6 Å². The fourth-order valence-electron chi connectivity index (χ4n) is 1.97. The quantitative estimate of drug-likeness (QED) is 0.766. The van der Waals surface area contributed by atoms with Crippen LogP contribution >= 0.6 is 11.3 Å². The fraction of sp³-hybridized carbons (Fsp3) is 0.333. The van der Waals surface area contributed by atoms with E-state index in [0.717, 1.165) is 22.4 Å². The molecule has 94 valence electrons. The molecule has 1 aromatic carbocycles. The van der Waals surface area contributed by atoms with Gasteiger partial charge in [0.2, 0.25) is 0 Å². The lowest BCUT2D eigenvalue weighted by Crippen LogP contribution is -1.92. The summed E-state index contributed by atoms with van der Waals surface area (Å²) in [5.74, 6) is 0.494. The summed E-state index contributed by atoms with van der Waals surface area (Å²) < 4.78 is 0. The first-order chi connectivity index (χ1) is 8.52. The molecule has 0 saturated heterocycles. The number of thiazole rings is 1. The Bertz CT molecular complexity index is 584. The van der Waals surface area contributed by atoms with Crippen LogP contribution in [0.3, 0.4) is 0 Å². The van der Waals surface area contributed by atoms with Crippen LogP contribution in [0.2, 0.25) is 0 Å². The highest BCUT2D eigenvalue weighted by molar-refractivity contribution is 7.13. The lowest BCUT2D eigenvalue weighted by Gasteiger charge is -2.10. The predicted molar refractivity (Wildman–Crippen MR) is 76.5 cm³/mol. The molecule has 0 amide bonds. The summed E-state index contributed by atoms with van der Waals surface area (Å²) in [7, 11) is 0. The zero-order valence-electron chi connectivity index (χ0n) is 11.2. The molecule has 0 bridgehead atoms. The lowest BCUT2D eigenvalue weighted by atomic mass is 9.96. The van der Waals surface area contributed by atoms with Crippen LogP contribution in [0.5, 0.6) is 0 Å². The van der Waals surface area contributed by atoms with E-state index in [-0.39, 0.29) is 0 Å². The third kappa shape index (κ3) is 2.36. The number of carbonyl (C=O) groups excluding carboxylic acids is 1. The average Bonchev–Trinajstić information content (AvgIpc) is 2.71. The van der Waals surface area contributed by atoms with Gasteiger partial charge >= 0.3 is 0 Å². The summed E-state index contributed by atoms with van der Waals surface area (Å²) in [6, 6.07) is 6.48. The molecule has 0 fully saturated rings. The molecule has 2 aromatic rings. The van der Waals surface area contributed by atoms with Crippen molar-refractivity contribution in [3.63, 3.8) is 0 Å². The molecule has 0 N–H and O–H groups in total. The van der Waals surface area contributed by atoms with Crippen LogP contribution in [-0.2, 0) is 0 Å². The molecule has 3 heteroatoms. The molecule has 0 radical (unpaired) electrons. The van der Waals surface area contributed by atoms with Crippen molar-refractivity contribution in [2.24, 2.45) is 0 Å². The first kappa shape index (κ1) is 13.0. The van der Waals surface area contributed by atoms with Gasteiger partial charge in [-0.2, -0.15) is 0 Å². The fourth-order valence-corrected chi connectivity index (χ4v) is 2.72. The number of nitrogens with zero attached hydrogens (tertiary/aromatic N) is 1. The van der Waals surface area contributed by atoms with Crippen molar-refractivity contribution in [2.75, 3.05) is 0 Å². The van der Waals surface area contributed by atoms with Gasteiger partial charge in [0.05, 0.1) is 5.69 Å². The second-order valence-electron chi connectivity index (χ2n) is 4.80. The van der Waals surface area contributed by atoms with Gasteiger partial charge in [-0.1, -0.05) is 26.0 Å². The van der Waals surface area contributed by atoms with Crippen molar-refractivity contribution < 1.29 is 4.79 Å². The van der Waals surface area contributed by atoms with Gasteiger partial charge in [0.25, 0.3) is 0 Å². The molecule has 1 aromatic heterocycles. The smallest absolute Gasteiger partial charge is 0.178 e. The van der Waals surface area contributed by atoms with Crippen molar-refractivity contribution >= 4 is 17.6 Å². The van der Waals surface area contributed by atoms with E-state index in [9.17, 15) is 4.79 Å². The number of aromatic nitrogens is 1. The average molecular weight is 259 g/mol. The highest BCUT2D eigenvalue weighted by atomic mass is 32.1. The number of hydrogen-bond donors (Lipinski definition) is 0. The highest BCUT2D eigenvalue weighted by Crippen LogP contribution is 2.31. The highest BCUT2D eigenvalue weighted by Gasteiger charge is 2.13. The Kier molecular flexibility index (Phi) is 3.62. The number of benzene rings is 1. The van der Waals surface area contributed by atoms with Gasteiger partial charge in [0.15, 0.2) is 11.3 Å². The maximum atomic E-state index is 10.8. The molecule has 0 unspecified atom stereocenters. The molecule has 0 aliphatic heterocycles. The Labute approximate surface area is 112 Å². The molecule has 0 aliphatic rings. The topological polar surface area (TPSA) is 30.0 Å². The third-order valence-corrected chi connectivity index (χ3v) is 3.99. The third-order valence-electron chi connectivity index (χ3n) is 3.10. The van der Waals surface area contributed by atoms with Crippen LogP contribution in [0.4, 0.5) is 0 Å². The van der Waals surface area contributed by atoms with E-state index in [1.165, 1.54) is 22.5 Å². The summed E-state index contributed by atoms with van der Waals surface area (Å²) in [5, 5.41) is 0.553. The van der Waals surface area contributed by atoms with Gasteiger partial charge in [0.1, 0.15) is 0 Å². The molecular formula is C15H17NOS. The molecule has 2 nitrogen and oxygen atoms in total. The Hall–Kier alpha value is -1.48. The molecule has 0 saturated carbocycles. The van der Waals surface area contributed by atoms with Crippen LogP contribution in [0.15, 0.2) is 18.2 Å². The Morgan fingerprint density at radius 2 is 2.00 bits per heavy atom. The number of aldehydes is 1. The lowest BCUT2D eigenvalue weighted by molar-refractivity contribution is 0.112. The molecular weight excluding hydrogens is 242 g/mol. The number of hydrogen-bond acceptors (Lipinski definition) is 3. The summed E-state index contributed by atoms with van der Waals surface area (Å²) in [5.41, 5.74) is 4.59. The molecule has 0 spiro atoms. The SMILES string of the molecule is Cc1ccc(C(C)C)cc1-c1nc(C=O)sc1C. The van der Waals surface area contributed by atoms with Gasteiger partial charge in [-0.05, 0) is 37.0 Å². The van der Waals surface area contributed by atoms with E-state index in [0.29, 0.717) is 10.9 Å². The number of carbonyl (C=O) groups is 1. The second-order valence-corrected chi connectivity index (χ2v) is 6.04. The predicted octanol–water partition coefficient (Wildman–Crippen LogP) is 4.36. The minimum atomic E-state index is 0.494. The van der Waals surface area contributed by atoms with Gasteiger partial charge in [0, 0.05) is 10.4 Å². The molecule has 0 aliphatic carbocycles. The van der Waals surface area contributed by atoms with Gasteiger partial charge in [-0.25, -0.2) is 4.98 Å². The van der Waals surface area contributed by atoms with Crippen LogP contribution in [-0.4, -0.2) is 11.3 Å². The van der Waals surface area contributed by atoms with Gasteiger partial charge in [-0.3, -0.25) is 4.79 Å². The second kappa shape index (κ2) is 5.02. The molecule has 2 rings (SSSR count). The van der Waals surface area contributed by atoms with E-state index in [4.69, 9.17) is 0 Å². The summed E-state index contributed by atoms with van der Waals surface area (Å²) in [6.45, 7) is 8.46. The zero-order chi connectivity index (χ0) is 13.3. The zero-order valence-corrected chi connectivity index (χ0v) is 12.0. The summed E-state index contributed by atoms with van der Waals surface area (Å²) in [6.07, 6.45) is 0.822. The Morgan fingerprint density at radius 3 is 2.56 bits per heavy atom. The minimum absolute atomic E-state index is 0.494. The first-order valence-electron chi connectivity index (χ1n) is 6.06. The Balaban J connectivity index is 2.58. The van der Waals surface area contributed by atoms with Crippen LogP contribution < -0.4 is 0 Å². The molecule has 0 atom stereocenters. The summed E-state index contributed by atoms with van der Waals surface area (Å²) >= 11 is 1.45. The number of rotatable bonds is 3. The van der Waals surface area contributed by atoms with Crippen molar-refractivity contribution in [3.05, 3.63) is 39.2 Å². The first-order valence-corrected chi connectivity index (χ1v) is 6.88. The summed E-state index contributed by atoms with van der Waals surface area (Å²) in [4.78, 5) is 16.3. The van der Waals surface area contributed by atoms with E-state index >= 15 is 0 Å². The van der Waals surface area contributed by atoms with E-state index in [2.05, 4.69) is 44.0 Å². The van der Waals surface area contributed by atoms with Gasteiger partial charge in [-0.15, -0.1) is 11.3 Å². The van der Waals surface area contributed by atoms with Crippen molar-refractivity contribution in [1.29, 1.82) is 0 Å². The van der Waals surface area contributed by atoms with Crippen molar-refractivity contribution in [3.8, 4) is 11.3 Å². The normalized spacial score (nSPS) is 10.9. The van der Waals surface area contributed by atoms with E-state index < -0.39 is 0 Å². The van der Waals surface area contributed by atoms with E-state index in [1.54, 1.807) is 0 Å². The monoisotopic (exact) mass is 259 g/mol. The van der Waals surface area contributed by atoms with Crippen molar-refractivity contribution in [1.82, 2.24) is 4.98 Å². The largest absolute Gasteiger partial charge is 0.295 e. The minimum Gasteiger partial charge on any atom is -0.295 e. The van der Waals surface area contributed by atoms with Gasteiger partial charge < -0.3 is 0 Å². The molecule has 18 heavy (non-hydrogen) atoms. The standard InChI is InChI=1S/C15H17NOS/c1-9(2)12-6-5-10(3)13(7-12)15-11(4)18-14(8-17)16-15/h5-9H,1-4H3. The maximum Gasteiger partial charge on any atom is 0.178 e. The maximum absolute atomic E-state index is 10.8. The number of aryl methyl sites for hydroxylation is 2. The van der Waals surface area contributed by atoms with E-state index in [1.807, 2.05) is 6.92 Å².